The summed E-state index contributed by atoms with van der Waals surface area (Å²) in [5.41, 5.74) is 2.36. The fraction of sp³-hybridized carbons (Fsp3) is 0.588. The summed E-state index contributed by atoms with van der Waals surface area (Å²) >= 11 is 0. The molecule has 1 fully saturated rings. The summed E-state index contributed by atoms with van der Waals surface area (Å²) in [5.74, 6) is 2.04. The van der Waals surface area contributed by atoms with Crippen molar-refractivity contribution in [1.29, 1.82) is 0 Å². The molecule has 0 aliphatic carbocycles. The van der Waals surface area contributed by atoms with Gasteiger partial charge in [-0.15, -0.1) is 0 Å². The molecule has 2 aromatic rings. The number of nitrogens with one attached hydrogen (secondary N) is 1. The highest BCUT2D eigenvalue weighted by atomic mass is 16.2. The SMILES string of the molecule is Cc1cn[nH]c1C1CCN(C(=O)CCn2ccnc2C(C)C)C1. The van der Waals surface area contributed by atoms with Gasteiger partial charge in [0.05, 0.1) is 6.20 Å². The second-order valence-corrected chi connectivity index (χ2v) is 6.68. The highest BCUT2D eigenvalue weighted by Gasteiger charge is 2.28. The molecule has 0 radical (unpaired) electrons. The van der Waals surface area contributed by atoms with Crippen molar-refractivity contribution in [1.82, 2.24) is 24.6 Å². The van der Waals surface area contributed by atoms with Crippen LogP contribution in [0.3, 0.4) is 0 Å². The lowest BCUT2D eigenvalue weighted by Gasteiger charge is -2.17. The molecular weight excluding hydrogens is 290 g/mol. The van der Waals surface area contributed by atoms with E-state index < -0.39 is 0 Å². The van der Waals surface area contributed by atoms with Gasteiger partial charge in [-0.1, -0.05) is 13.8 Å². The molecule has 1 aliphatic heterocycles. The zero-order chi connectivity index (χ0) is 16.4. The predicted molar refractivity (Wildman–Crippen MR) is 88.2 cm³/mol. The van der Waals surface area contributed by atoms with Crippen LogP contribution in [0, 0.1) is 6.92 Å². The predicted octanol–water partition coefficient (Wildman–Crippen LogP) is 2.44. The second-order valence-electron chi connectivity index (χ2n) is 6.68. The summed E-state index contributed by atoms with van der Waals surface area (Å²) in [4.78, 5) is 18.8. The van der Waals surface area contributed by atoms with Crippen LogP contribution in [0.2, 0.25) is 0 Å². The van der Waals surface area contributed by atoms with Crippen molar-refractivity contribution in [3.8, 4) is 0 Å². The molecule has 0 bridgehead atoms. The van der Waals surface area contributed by atoms with Crippen LogP contribution in [0.5, 0.6) is 0 Å². The van der Waals surface area contributed by atoms with Crippen LogP contribution in [-0.4, -0.2) is 43.6 Å². The van der Waals surface area contributed by atoms with Crippen LogP contribution in [0.25, 0.3) is 0 Å². The van der Waals surface area contributed by atoms with Gasteiger partial charge in [-0.25, -0.2) is 4.98 Å². The topological polar surface area (TPSA) is 66.8 Å². The summed E-state index contributed by atoms with van der Waals surface area (Å²) in [5, 5.41) is 7.17. The van der Waals surface area contributed by atoms with Crippen molar-refractivity contribution < 1.29 is 4.79 Å². The lowest BCUT2D eigenvalue weighted by atomic mass is 10.0. The number of H-pyrrole nitrogens is 1. The molecule has 0 aromatic carbocycles. The summed E-state index contributed by atoms with van der Waals surface area (Å²) in [6.45, 7) is 8.65. The van der Waals surface area contributed by atoms with Crippen LogP contribution >= 0.6 is 0 Å². The van der Waals surface area contributed by atoms with Crippen LogP contribution in [0.4, 0.5) is 0 Å². The van der Waals surface area contributed by atoms with E-state index in [1.807, 2.05) is 23.5 Å². The quantitative estimate of drug-likeness (QED) is 0.921. The summed E-state index contributed by atoms with van der Waals surface area (Å²) < 4.78 is 2.09. The molecule has 1 amide bonds. The summed E-state index contributed by atoms with van der Waals surface area (Å²) in [6.07, 6.45) is 7.17. The maximum Gasteiger partial charge on any atom is 0.224 e. The van der Waals surface area contributed by atoms with Gasteiger partial charge in [0.25, 0.3) is 0 Å². The van der Waals surface area contributed by atoms with Gasteiger partial charge in [0.2, 0.25) is 5.91 Å². The minimum Gasteiger partial charge on any atom is -0.342 e. The fourth-order valence-electron chi connectivity index (χ4n) is 3.38. The highest BCUT2D eigenvalue weighted by Crippen LogP contribution is 2.28. The Morgan fingerprint density at radius 2 is 2.30 bits per heavy atom. The number of nitrogens with zero attached hydrogens (tertiary/aromatic N) is 4. The second kappa shape index (κ2) is 6.56. The molecule has 3 heterocycles. The zero-order valence-electron chi connectivity index (χ0n) is 14.1. The van der Waals surface area contributed by atoms with Crippen molar-refractivity contribution in [3.63, 3.8) is 0 Å². The number of carbonyl (C=O) groups excluding carboxylic acids is 1. The number of aromatic amines is 1. The third kappa shape index (κ3) is 3.30. The number of rotatable bonds is 5. The van der Waals surface area contributed by atoms with Crippen molar-refractivity contribution >= 4 is 5.91 Å². The molecule has 2 aromatic heterocycles. The number of aryl methyl sites for hydroxylation is 2. The van der Waals surface area contributed by atoms with Crippen molar-refractivity contribution in [2.24, 2.45) is 0 Å². The van der Waals surface area contributed by atoms with Crippen LogP contribution < -0.4 is 0 Å². The number of hydrogen-bond donors (Lipinski definition) is 1. The minimum absolute atomic E-state index is 0.230. The summed E-state index contributed by atoms with van der Waals surface area (Å²) in [7, 11) is 0. The number of aromatic nitrogens is 4. The van der Waals surface area contributed by atoms with Gasteiger partial charge < -0.3 is 9.47 Å². The maximum absolute atomic E-state index is 12.5. The van der Waals surface area contributed by atoms with Gasteiger partial charge in [0.1, 0.15) is 5.82 Å². The largest absolute Gasteiger partial charge is 0.342 e. The Kier molecular flexibility index (Phi) is 4.50. The number of hydrogen-bond acceptors (Lipinski definition) is 3. The monoisotopic (exact) mass is 315 g/mol. The molecule has 1 unspecified atom stereocenters. The standard InChI is InChI=1S/C17H25N5O/c1-12(2)17-18-6-9-21(17)8-5-15(23)22-7-4-14(11-22)16-13(3)10-19-20-16/h6,9-10,12,14H,4-5,7-8,11H2,1-3H3,(H,19,20). The van der Waals surface area contributed by atoms with E-state index in [-0.39, 0.29) is 5.91 Å². The molecule has 0 saturated carbocycles. The van der Waals surface area contributed by atoms with Crippen molar-refractivity contribution in [2.75, 3.05) is 13.1 Å². The first-order valence-electron chi connectivity index (χ1n) is 8.35. The first kappa shape index (κ1) is 15.8. The average molecular weight is 315 g/mol. The third-order valence-electron chi connectivity index (χ3n) is 4.65. The van der Waals surface area contributed by atoms with Gasteiger partial charge in [-0.05, 0) is 18.9 Å². The number of likely N-dealkylation sites (tertiary alicyclic amines) is 1. The molecule has 1 aliphatic rings. The lowest BCUT2D eigenvalue weighted by Crippen LogP contribution is -2.29. The Bertz CT molecular complexity index is 672. The fourth-order valence-corrected chi connectivity index (χ4v) is 3.38. The molecule has 1 saturated heterocycles. The smallest absolute Gasteiger partial charge is 0.224 e. The van der Waals surface area contributed by atoms with E-state index >= 15 is 0 Å². The first-order valence-corrected chi connectivity index (χ1v) is 8.35. The Labute approximate surface area is 136 Å². The van der Waals surface area contributed by atoms with E-state index in [0.717, 1.165) is 25.3 Å². The molecule has 1 atom stereocenters. The van der Waals surface area contributed by atoms with Gasteiger partial charge in [-0.3, -0.25) is 9.89 Å². The van der Waals surface area contributed by atoms with Crippen molar-refractivity contribution in [2.45, 2.75) is 52.0 Å². The lowest BCUT2D eigenvalue weighted by molar-refractivity contribution is -0.130. The molecule has 23 heavy (non-hydrogen) atoms. The van der Waals surface area contributed by atoms with E-state index in [1.54, 1.807) is 0 Å². The molecular formula is C17H25N5O. The van der Waals surface area contributed by atoms with E-state index in [1.165, 1.54) is 11.3 Å². The molecule has 3 rings (SSSR count). The Hall–Kier alpha value is -2.11. The number of imidazole rings is 1. The Morgan fingerprint density at radius 1 is 1.48 bits per heavy atom. The first-order chi connectivity index (χ1) is 11.1. The Balaban J connectivity index is 1.55. The molecule has 0 spiro atoms. The maximum atomic E-state index is 12.5. The van der Waals surface area contributed by atoms with Gasteiger partial charge in [0, 0.05) is 56.0 Å². The van der Waals surface area contributed by atoms with Crippen molar-refractivity contribution in [3.05, 3.63) is 35.7 Å². The van der Waals surface area contributed by atoms with E-state index in [4.69, 9.17) is 0 Å². The van der Waals surface area contributed by atoms with E-state index in [9.17, 15) is 4.79 Å². The molecule has 6 nitrogen and oxygen atoms in total. The molecule has 1 N–H and O–H groups in total. The minimum atomic E-state index is 0.230. The van der Waals surface area contributed by atoms with Gasteiger partial charge in [-0.2, -0.15) is 5.10 Å². The zero-order valence-corrected chi connectivity index (χ0v) is 14.1. The highest BCUT2D eigenvalue weighted by molar-refractivity contribution is 5.76. The Morgan fingerprint density at radius 3 is 3.00 bits per heavy atom. The normalized spacial score (nSPS) is 18.1. The number of amides is 1. The average Bonchev–Trinajstić information content (AvgIpc) is 3.24. The summed E-state index contributed by atoms with van der Waals surface area (Å²) in [6, 6.07) is 0. The van der Waals surface area contributed by atoms with Gasteiger partial charge >= 0.3 is 0 Å². The van der Waals surface area contributed by atoms with E-state index in [0.29, 0.717) is 24.8 Å². The molecule has 124 valence electrons. The van der Waals surface area contributed by atoms with Crippen LogP contribution in [0.1, 0.15) is 55.6 Å². The van der Waals surface area contributed by atoms with E-state index in [2.05, 4.69) is 40.5 Å². The molecule has 6 heteroatoms. The van der Waals surface area contributed by atoms with Crippen LogP contribution in [0.15, 0.2) is 18.6 Å². The van der Waals surface area contributed by atoms with Crippen LogP contribution in [-0.2, 0) is 11.3 Å². The third-order valence-corrected chi connectivity index (χ3v) is 4.65. The number of carbonyl (C=O) groups is 1. The van der Waals surface area contributed by atoms with Gasteiger partial charge in [0.15, 0.2) is 0 Å².